The van der Waals surface area contributed by atoms with E-state index in [1.54, 1.807) is 17.5 Å². The number of nitrogens with zero attached hydrogens (tertiary/aromatic N) is 3. The summed E-state index contributed by atoms with van der Waals surface area (Å²) in [5.74, 6) is -0.316. The number of fused-ring (bicyclic) bond motifs is 1. The summed E-state index contributed by atoms with van der Waals surface area (Å²) >= 11 is 1.64. The topological polar surface area (TPSA) is 49.1 Å². The number of benzene rings is 1. The molecule has 132 valence electrons. The molecule has 0 radical (unpaired) electrons. The van der Waals surface area contributed by atoms with Crippen LogP contribution in [0.1, 0.15) is 29.7 Å². The predicted octanol–water partition coefficient (Wildman–Crippen LogP) is 4.58. The molecule has 2 unspecified atom stereocenters. The minimum absolute atomic E-state index is 0.00179. The van der Waals surface area contributed by atoms with E-state index in [4.69, 9.17) is 4.74 Å². The SMILES string of the molecule is Cc1cc(F)cc2c(N3CC(C)OC(c4ccsc4)C3)c(C#N)cnc12. The molecule has 26 heavy (non-hydrogen) atoms. The molecule has 2 atom stereocenters. The highest BCUT2D eigenvalue weighted by molar-refractivity contribution is 7.07. The molecule has 0 spiro atoms. The van der Waals surface area contributed by atoms with Crippen LogP contribution in [0.15, 0.2) is 35.2 Å². The minimum Gasteiger partial charge on any atom is -0.367 e. The van der Waals surface area contributed by atoms with E-state index in [1.165, 1.54) is 12.1 Å². The molecule has 3 aromatic rings. The second-order valence-corrected chi connectivity index (χ2v) is 7.43. The maximum absolute atomic E-state index is 14.1. The molecule has 4 nitrogen and oxygen atoms in total. The number of ether oxygens (including phenoxy) is 1. The zero-order chi connectivity index (χ0) is 18.3. The van der Waals surface area contributed by atoms with Crippen LogP contribution in [0.2, 0.25) is 0 Å². The third kappa shape index (κ3) is 2.94. The molecular weight excluding hydrogens is 349 g/mol. The van der Waals surface area contributed by atoms with Crippen molar-refractivity contribution < 1.29 is 9.13 Å². The van der Waals surface area contributed by atoms with Crippen molar-refractivity contribution in [2.24, 2.45) is 0 Å². The average molecular weight is 367 g/mol. The Bertz CT molecular complexity index is 996. The van der Waals surface area contributed by atoms with E-state index in [-0.39, 0.29) is 18.0 Å². The lowest BCUT2D eigenvalue weighted by Crippen LogP contribution is -2.43. The Balaban J connectivity index is 1.85. The molecule has 0 amide bonds. The van der Waals surface area contributed by atoms with Crippen LogP contribution in [-0.2, 0) is 4.74 Å². The fourth-order valence-electron chi connectivity index (χ4n) is 3.62. The van der Waals surface area contributed by atoms with Crippen molar-refractivity contribution in [3.8, 4) is 6.07 Å². The minimum atomic E-state index is -0.316. The van der Waals surface area contributed by atoms with Crippen molar-refractivity contribution in [3.05, 3.63) is 57.7 Å². The van der Waals surface area contributed by atoms with Crippen LogP contribution in [0.5, 0.6) is 0 Å². The summed E-state index contributed by atoms with van der Waals surface area (Å²) in [4.78, 5) is 6.53. The third-order valence-corrected chi connectivity index (χ3v) is 5.41. The molecular formula is C20H18FN3OS. The number of nitriles is 1. The summed E-state index contributed by atoms with van der Waals surface area (Å²) in [6.45, 7) is 5.12. The molecule has 0 aliphatic carbocycles. The lowest BCUT2D eigenvalue weighted by atomic mass is 10.0. The van der Waals surface area contributed by atoms with Gasteiger partial charge in [-0.3, -0.25) is 4.98 Å². The van der Waals surface area contributed by atoms with Crippen molar-refractivity contribution in [3.63, 3.8) is 0 Å². The predicted molar refractivity (Wildman–Crippen MR) is 101 cm³/mol. The number of morpholine rings is 1. The van der Waals surface area contributed by atoms with Gasteiger partial charge in [-0.1, -0.05) is 0 Å². The fraction of sp³-hybridized carbons (Fsp3) is 0.300. The van der Waals surface area contributed by atoms with Gasteiger partial charge < -0.3 is 9.64 Å². The maximum atomic E-state index is 14.1. The van der Waals surface area contributed by atoms with Crippen molar-refractivity contribution in [1.29, 1.82) is 5.26 Å². The van der Waals surface area contributed by atoms with Gasteiger partial charge in [0.25, 0.3) is 0 Å². The van der Waals surface area contributed by atoms with Crippen LogP contribution < -0.4 is 4.90 Å². The molecule has 1 aromatic carbocycles. The lowest BCUT2D eigenvalue weighted by molar-refractivity contribution is -0.0170. The van der Waals surface area contributed by atoms with Gasteiger partial charge in [0.15, 0.2) is 0 Å². The average Bonchev–Trinajstić information content (AvgIpc) is 3.14. The summed E-state index contributed by atoms with van der Waals surface area (Å²) in [6.07, 6.45) is 1.51. The highest BCUT2D eigenvalue weighted by atomic mass is 32.1. The summed E-state index contributed by atoms with van der Waals surface area (Å²) in [7, 11) is 0. The smallest absolute Gasteiger partial charge is 0.124 e. The second-order valence-electron chi connectivity index (χ2n) is 6.65. The van der Waals surface area contributed by atoms with Crippen LogP contribution >= 0.6 is 11.3 Å². The number of pyridine rings is 1. The molecule has 0 saturated carbocycles. The van der Waals surface area contributed by atoms with Crippen LogP contribution in [0, 0.1) is 24.1 Å². The van der Waals surface area contributed by atoms with Gasteiger partial charge in [0, 0.05) is 24.7 Å². The van der Waals surface area contributed by atoms with E-state index < -0.39 is 0 Å². The number of halogens is 1. The summed E-state index contributed by atoms with van der Waals surface area (Å²) in [5.41, 5.74) is 3.83. The van der Waals surface area contributed by atoms with Crippen LogP contribution in [-0.4, -0.2) is 24.2 Å². The van der Waals surface area contributed by atoms with Crippen LogP contribution in [0.3, 0.4) is 0 Å². The molecule has 1 saturated heterocycles. The fourth-order valence-corrected chi connectivity index (χ4v) is 4.32. The van der Waals surface area contributed by atoms with E-state index in [0.29, 0.717) is 24.0 Å². The van der Waals surface area contributed by atoms with E-state index in [1.807, 2.05) is 19.2 Å². The Kier molecular flexibility index (Phi) is 4.35. The first-order valence-corrected chi connectivity index (χ1v) is 9.42. The van der Waals surface area contributed by atoms with Gasteiger partial charge in [-0.15, -0.1) is 0 Å². The van der Waals surface area contributed by atoms with Gasteiger partial charge in [-0.25, -0.2) is 4.39 Å². The standard InChI is InChI=1S/C20H18FN3OS/c1-12-5-16(21)6-17-19(12)23-8-15(7-22)20(17)24-9-13(2)25-18(10-24)14-3-4-26-11-14/h3-6,8,11,13,18H,9-10H2,1-2H3. The summed E-state index contributed by atoms with van der Waals surface area (Å²) in [6, 6.07) is 7.23. The Morgan fingerprint density at radius 1 is 1.38 bits per heavy atom. The molecule has 6 heteroatoms. The molecule has 1 aliphatic heterocycles. The van der Waals surface area contributed by atoms with Crippen LogP contribution in [0.25, 0.3) is 10.9 Å². The second kappa shape index (κ2) is 6.67. The number of hydrogen-bond acceptors (Lipinski definition) is 5. The van der Waals surface area contributed by atoms with Gasteiger partial charge in [-0.05, 0) is 53.9 Å². The van der Waals surface area contributed by atoms with E-state index in [9.17, 15) is 9.65 Å². The number of thiophene rings is 1. The van der Waals surface area contributed by atoms with E-state index in [0.717, 1.165) is 22.3 Å². The van der Waals surface area contributed by atoms with Crippen molar-refractivity contribution in [2.75, 3.05) is 18.0 Å². The Morgan fingerprint density at radius 2 is 2.23 bits per heavy atom. The Labute approximate surface area is 155 Å². The zero-order valence-electron chi connectivity index (χ0n) is 14.6. The van der Waals surface area contributed by atoms with Crippen molar-refractivity contribution in [2.45, 2.75) is 26.1 Å². The Hall–Kier alpha value is -2.49. The quantitative estimate of drug-likeness (QED) is 0.665. The molecule has 0 N–H and O–H groups in total. The number of aryl methyl sites for hydroxylation is 1. The van der Waals surface area contributed by atoms with E-state index in [2.05, 4.69) is 27.4 Å². The molecule has 1 fully saturated rings. The van der Waals surface area contributed by atoms with Gasteiger partial charge in [-0.2, -0.15) is 16.6 Å². The Morgan fingerprint density at radius 3 is 2.96 bits per heavy atom. The molecule has 2 aromatic heterocycles. The number of aromatic nitrogens is 1. The first-order chi connectivity index (χ1) is 12.6. The first-order valence-electron chi connectivity index (χ1n) is 8.48. The normalized spacial score (nSPS) is 20.3. The third-order valence-electron chi connectivity index (χ3n) is 4.71. The summed E-state index contributed by atoms with van der Waals surface area (Å²) < 4.78 is 20.2. The molecule has 3 heterocycles. The highest BCUT2D eigenvalue weighted by Gasteiger charge is 2.29. The lowest BCUT2D eigenvalue weighted by Gasteiger charge is -2.39. The molecule has 0 bridgehead atoms. The molecule has 4 rings (SSSR count). The van der Waals surface area contributed by atoms with Gasteiger partial charge in [0.2, 0.25) is 0 Å². The largest absolute Gasteiger partial charge is 0.367 e. The number of anilines is 1. The van der Waals surface area contributed by atoms with Gasteiger partial charge in [0.1, 0.15) is 18.0 Å². The van der Waals surface area contributed by atoms with Gasteiger partial charge >= 0.3 is 0 Å². The van der Waals surface area contributed by atoms with Crippen LogP contribution in [0.4, 0.5) is 10.1 Å². The van der Waals surface area contributed by atoms with Crippen molar-refractivity contribution >= 4 is 27.9 Å². The van der Waals surface area contributed by atoms with Gasteiger partial charge in [0.05, 0.1) is 22.9 Å². The van der Waals surface area contributed by atoms with E-state index >= 15 is 0 Å². The highest BCUT2D eigenvalue weighted by Crippen LogP contribution is 2.36. The first kappa shape index (κ1) is 17.0. The number of rotatable bonds is 2. The number of hydrogen-bond donors (Lipinski definition) is 0. The monoisotopic (exact) mass is 367 g/mol. The zero-order valence-corrected chi connectivity index (χ0v) is 15.4. The summed E-state index contributed by atoms with van der Waals surface area (Å²) in [5, 5.41) is 14.4. The van der Waals surface area contributed by atoms with Crippen molar-refractivity contribution in [1.82, 2.24) is 4.98 Å². The molecule has 1 aliphatic rings. The maximum Gasteiger partial charge on any atom is 0.124 e.